The van der Waals surface area contributed by atoms with Crippen molar-refractivity contribution in [3.8, 4) is 5.75 Å². The van der Waals surface area contributed by atoms with Crippen LogP contribution in [-0.4, -0.2) is 17.8 Å². The number of rotatable bonds is 7. The molecule has 21 heavy (non-hydrogen) atoms. The lowest BCUT2D eigenvalue weighted by atomic mass is 10.1. The zero-order chi connectivity index (χ0) is 14.9. The molecule has 0 aliphatic heterocycles. The van der Waals surface area contributed by atoms with E-state index in [9.17, 15) is 4.79 Å². The van der Waals surface area contributed by atoms with Gasteiger partial charge in [0.1, 0.15) is 5.75 Å². The van der Waals surface area contributed by atoms with E-state index in [0.29, 0.717) is 18.0 Å². The number of benzene rings is 2. The minimum absolute atomic E-state index is 0.0877. The van der Waals surface area contributed by atoms with E-state index in [1.807, 2.05) is 42.5 Å². The third kappa shape index (κ3) is 5.23. The number of hydrogen-bond donors (Lipinski definition) is 1. The van der Waals surface area contributed by atoms with Crippen LogP contribution < -0.4 is 10.1 Å². The Morgan fingerprint density at radius 3 is 2.52 bits per heavy atom. The number of para-hydroxylation sites is 2. The molecule has 0 aromatic heterocycles. The summed E-state index contributed by atoms with van der Waals surface area (Å²) in [6.45, 7) is 0.621. The summed E-state index contributed by atoms with van der Waals surface area (Å²) in [5.41, 5.74) is 2.02. The third-order valence-electron chi connectivity index (χ3n) is 2.99. The van der Waals surface area contributed by atoms with Gasteiger partial charge in [0.15, 0.2) is 0 Å². The summed E-state index contributed by atoms with van der Waals surface area (Å²) < 4.78 is 5.77. The fourth-order valence-corrected chi connectivity index (χ4v) is 2.12. The fraction of sp³-hybridized carbons (Fsp3) is 0.235. The quantitative estimate of drug-likeness (QED) is 0.606. The van der Waals surface area contributed by atoms with Crippen LogP contribution in [-0.2, 0) is 11.2 Å². The van der Waals surface area contributed by atoms with Gasteiger partial charge in [0.2, 0.25) is 5.91 Å². The minimum atomic E-state index is -0.0877. The molecule has 0 spiro atoms. The van der Waals surface area contributed by atoms with Gasteiger partial charge in [-0.05, 0) is 30.5 Å². The van der Waals surface area contributed by atoms with Gasteiger partial charge in [0.25, 0.3) is 0 Å². The number of anilines is 1. The Balaban J connectivity index is 1.84. The lowest BCUT2D eigenvalue weighted by Crippen LogP contribution is -2.13. The Kier molecular flexibility index (Phi) is 6.28. The standard InChI is InChI=1S/C17H18BrNO2/c18-13-17(20)19-15-10-4-5-11-16(15)21-12-6-9-14-7-2-1-3-8-14/h1-5,7-8,10-11H,6,9,12-13H2,(H,19,20). The number of aryl methyl sites for hydroxylation is 1. The molecule has 0 fully saturated rings. The molecule has 0 aliphatic carbocycles. The first-order valence-electron chi connectivity index (χ1n) is 6.91. The largest absolute Gasteiger partial charge is 0.491 e. The van der Waals surface area contributed by atoms with Crippen molar-refractivity contribution >= 4 is 27.5 Å². The molecule has 0 saturated heterocycles. The maximum atomic E-state index is 11.4. The minimum Gasteiger partial charge on any atom is -0.491 e. The number of carbonyl (C=O) groups is 1. The molecule has 0 atom stereocenters. The van der Waals surface area contributed by atoms with E-state index in [4.69, 9.17) is 4.74 Å². The van der Waals surface area contributed by atoms with Gasteiger partial charge in [-0.3, -0.25) is 4.79 Å². The van der Waals surface area contributed by atoms with Gasteiger partial charge < -0.3 is 10.1 Å². The maximum absolute atomic E-state index is 11.4. The SMILES string of the molecule is O=C(CBr)Nc1ccccc1OCCCc1ccccc1. The second kappa shape index (κ2) is 8.47. The summed E-state index contributed by atoms with van der Waals surface area (Å²) in [5.74, 6) is 0.621. The summed E-state index contributed by atoms with van der Waals surface area (Å²) in [6.07, 6.45) is 1.92. The first-order chi connectivity index (χ1) is 10.3. The summed E-state index contributed by atoms with van der Waals surface area (Å²) in [4.78, 5) is 11.4. The van der Waals surface area contributed by atoms with Gasteiger partial charge in [-0.15, -0.1) is 0 Å². The highest BCUT2D eigenvalue weighted by Gasteiger charge is 2.06. The topological polar surface area (TPSA) is 38.3 Å². The predicted octanol–water partition coefficient (Wildman–Crippen LogP) is 4.03. The average Bonchev–Trinajstić information content (AvgIpc) is 2.54. The van der Waals surface area contributed by atoms with Gasteiger partial charge in [-0.1, -0.05) is 58.4 Å². The third-order valence-corrected chi connectivity index (χ3v) is 3.50. The zero-order valence-corrected chi connectivity index (χ0v) is 13.3. The van der Waals surface area contributed by atoms with Crippen LogP contribution in [0.4, 0.5) is 5.69 Å². The molecule has 4 heteroatoms. The van der Waals surface area contributed by atoms with Crippen LogP contribution in [0.2, 0.25) is 0 Å². The first kappa shape index (κ1) is 15.6. The zero-order valence-electron chi connectivity index (χ0n) is 11.7. The number of hydrogen-bond acceptors (Lipinski definition) is 2. The predicted molar refractivity (Wildman–Crippen MR) is 89.1 cm³/mol. The van der Waals surface area contributed by atoms with Gasteiger partial charge in [0, 0.05) is 0 Å². The Labute approximate surface area is 133 Å². The van der Waals surface area contributed by atoms with Crippen LogP contribution in [0, 0.1) is 0 Å². The fourth-order valence-electron chi connectivity index (χ4n) is 1.98. The second-order valence-electron chi connectivity index (χ2n) is 4.62. The molecule has 110 valence electrons. The molecular weight excluding hydrogens is 330 g/mol. The molecule has 1 amide bonds. The van der Waals surface area contributed by atoms with Gasteiger partial charge in [-0.25, -0.2) is 0 Å². The molecule has 3 nitrogen and oxygen atoms in total. The summed E-state index contributed by atoms with van der Waals surface area (Å²) in [6, 6.07) is 17.8. The Morgan fingerprint density at radius 1 is 1.05 bits per heavy atom. The van der Waals surface area contributed by atoms with E-state index in [0.717, 1.165) is 12.8 Å². The molecule has 2 rings (SSSR count). The van der Waals surface area contributed by atoms with Crippen LogP contribution in [0.3, 0.4) is 0 Å². The lowest BCUT2D eigenvalue weighted by molar-refractivity contribution is -0.113. The molecule has 2 aromatic rings. The normalized spacial score (nSPS) is 10.1. The van der Waals surface area contributed by atoms with Crippen molar-refractivity contribution in [2.24, 2.45) is 0 Å². The molecule has 0 heterocycles. The number of carbonyl (C=O) groups excluding carboxylic acids is 1. The van der Waals surface area contributed by atoms with Crippen molar-refractivity contribution in [3.63, 3.8) is 0 Å². The van der Waals surface area contributed by atoms with Gasteiger partial charge in [-0.2, -0.15) is 0 Å². The summed E-state index contributed by atoms with van der Waals surface area (Å²) >= 11 is 3.13. The van der Waals surface area contributed by atoms with E-state index in [1.165, 1.54) is 5.56 Å². The first-order valence-corrected chi connectivity index (χ1v) is 8.03. The molecule has 0 aliphatic rings. The smallest absolute Gasteiger partial charge is 0.235 e. The molecular formula is C17H18BrNO2. The number of ether oxygens (including phenoxy) is 1. The maximum Gasteiger partial charge on any atom is 0.235 e. The van der Waals surface area contributed by atoms with E-state index >= 15 is 0 Å². The Bertz CT molecular complexity index is 572. The molecule has 0 radical (unpaired) electrons. The number of alkyl halides is 1. The van der Waals surface area contributed by atoms with Crippen LogP contribution >= 0.6 is 15.9 Å². The second-order valence-corrected chi connectivity index (χ2v) is 5.18. The van der Waals surface area contributed by atoms with Crippen molar-refractivity contribution in [1.29, 1.82) is 0 Å². The van der Waals surface area contributed by atoms with Crippen LogP contribution in [0.25, 0.3) is 0 Å². The highest BCUT2D eigenvalue weighted by molar-refractivity contribution is 9.09. The molecule has 0 bridgehead atoms. The lowest BCUT2D eigenvalue weighted by Gasteiger charge is -2.11. The molecule has 0 unspecified atom stereocenters. The van der Waals surface area contributed by atoms with Crippen molar-refractivity contribution in [3.05, 3.63) is 60.2 Å². The molecule has 0 saturated carbocycles. The molecule has 1 N–H and O–H groups in total. The number of amides is 1. The van der Waals surface area contributed by atoms with E-state index in [1.54, 1.807) is 0 Å². The Hall–Kier alpha value is -1.81. The van der Waals surface area contributed by atoms with Gasteiger partial charge >= 0.3 is 0 Å². The van der Waals surface area contributed by atoms with E-state index in [2.05, 4.69) is 33.4 Å². The van der Waals surface area contributed by atoms with Gasteiger partial charge in [0.05, 0.1) is 17.6 Å². The van der Waals surface area contributed by atoms with Crippen LogP contribution in [0.1, 0.15) is 12.0 Å². The van der Waals surface area contributed by atoms with Crippen molar-refractivity contribution in [1.82, 2.24) is 0 Å². The van der Waals surface area contributed by atoms with Crippen molar-refractivity contribution in [2.45, 2.75) is 12.8 Å². The molecule has 2 aromatic carbocycles. The monoisotopic (exact) mass is 347 g/mol. The van der Waals surface area contributed by atoms with E-state index in [-0.39, 0.29) is 11.2 Å². The number of nitrogens with one attached hydrogen (secondary N) is 1. The average molecular weight is 348 g/mol. The Morgan fingerprint density at radius 2 is 1.76 bits per heavy atom. The van der Waals surface area contributed by atoms with E-state index < -0.39 is 0 Å². The van der Waals surface area contributed by atoms with Crippen molar-refractivity contribution in [2.75, 3.05) is 17.3 Å². The number of halogens is 1. The summed E-state index contributed by atoms with van der Waals surface area (Å²) in [7, 11) is 0. The van der Waals surface area contributed by atoms with Crippen LogP contribution in [0.15, 0.2) is 54.6 Å². The highest BCUT2D eigenvalue weighted by Crippen LogP contribution is 2.24. The summed E-state index contributed by atoms with van der Waals surface area (Å²) in [5, 5.41) is 3.08. The van der Waals surface area contributed by atoms with Crippen LogP contribution in [0.5, 0.6) is 5.75 Å². The highest BCUT2D eigenvalue weighted by atomic mass is 79.9. The van der Waals surface area contributed by atoms with Crippen molar-refractivity contribution < 1.29 is 9.53 Å².